The minimum Gasteiger partial charge on any atom is -0.410 e. The summed E-state index contributed by atoms with van der Waals surface area (Å²) in [4.78, 5) is 12.8. The number of thioether (sulfide) groups is 1. The molecule has 0 unspecified atom stereocenters. The van der Waals surface area contributed by atoms with Gasteiger partial charge in [0, 0.05) is 6.04 Å². The zero-order valence-corrected chi connectivity index (χ0v) is 12.1. The third-order valence-corrected chi connectivity index (χ3v) is 3.12. The van der Waals surface area contributed by atoms with Crippen molar-refractivity contribution in [1.29, 1.82) is 0 Å². The van der Waals surface area contributed by atoms with Gasteiger partial charge < -0.3 is 14.6 Å². The Morgan fingerprint density at radius 3 is 2.83 bits per heavy atom. The normalized spacial score (nSPS) is 12.7. The zero-order valence-electron chi connectivity index (χ0n) is 11.3. The Kier molecular flexibility index (Phi) is 6.14. The number of rotatable bonds is 7. The fourth-order valence-corrected chi connectivity index (χ4v) is 1.81. The van der Waals surface area contributed by atoms with E-state index >= 15 is 0 Å². The van der Waals surface area contributed by atoms with Crippen LogP contribution < -0.4 is 10.2 Å². The van der Waals surface area contributed by atoms with Crippen LogP contribution in [0, 0.1) is 0 Å². The van der Waals surface area contributed by atoms with Crippen LogP contribution in [0.15, 0.2) is 9.64 Å². The molecule has 0 bridgehead atoms. The van der Waals surface area contributed by atoms with E-state index in [9.17, 15) is 4.79 Å². The van der Waals surface area contributed by atoms with E-state index in [1.165, 1.54) is 16.7 Å². The molecule has 0 spiro atoms. The Morgan fingerprint density at radius 1 is 1.50 bits per heavy atom. The topological polar surface area (TPSA) is 72.5 Å². The summed E-state index contributed by atoms with van der Waals surface area (Å²) in [5.74, 6) is 0.896. The largest absolute Gasteiger partial charge is 0.410 e. The lowest BCUT2D eigenvalue weighted by Gasteiger charge is -2.09. The van der Waals surface area contributed by atoms with Gasteiger partial charge in [-0.1, -0.05) is 18.7 Å². The van der Waals surface area contributed by atoms with Gasteiger partial charge >= 0.3 is 0 Å². The summed E-state index contributed by atoms with van der Waals surface area (Å²) in [6.45, 7) is 4.70. The van der Waals surface area contributed by atoms with Crippen LogP contribution in [-0.4, -0.2) is 42.0 Å². The van der Waals surface area contributed by atoms with E-state index in [2.05, 4.69) is 15.5 Å². The second-order valence-corrected chi connectivity index (χ2v) is 5.44. The number of amides is 1. The molecule has 18 heavy (non-hydrogen) atoms. The second kappa shape index (κ2) is 7.38. The summed E-state index contributed by atoms with van der Waals surface area (Å²) >= 11 is 1.27. The lowest BCUT2D eigenvalue weighted by Crippen LogP contribution is -3.04. The van der Waals surface area contributed by atoms with E-state index in [1.54, 1.807) is 0 Å². The van der Waals surface area contributed by atoms with Gasteiger partial charge in [0.1, 0.15) is 0 Å². The number of quaternary nitrogens is 1. The van der Waals surface area contributed by atoms with Crippen LogP contribution in [-0.2, 0) is 11.3 Å². The highest BCUT2D eigenvalue weighted by Crippen LogP contribution is 2.15. The highest BCUT2D eigenvalue weighted by atomic mass is 32.2. The Morgan fingerprint density at radius 2 is 2.22 bits per heavy atom. The predicted octanol–water partition coefficient (Wildman–Crippen LogP) is -0.279. The van der Waals surface area contributed by atoms with Crippen LogP contribution in [0.4, 0.5) is 0 Å². The molecule has 0 saturated heterocycles. The maximum Gasteiger partial charge on any atom is 0.277 e. The van der Waals surface area contributed by atoms with Gasteiger partial charge in [-0.05, 0) is 13.3 Å². The Balaban J connectivity index is 2.34. The first-order chi connectivity index (χ1) is 8.51. The van der Waals surface area contributed by atoms with Crippen molar-refractivity contribution in [1.82, 2.24) is 15.5 Å². The van der Waals surface area contributed by atoms with Crippen LogP contribution in [0.1, 0.15) is 26.2 Å². The van der Waals surface area contributed by atoms with Gasteiger partial charge in [0.25, 0.3) is 11.1 Å². The summed E-state index contributed by atoms with van der Waals surface area (Å²) in [5, 5.41) is 11.1. The van der Waals surface area contributed by atoms with E-state index in [4.69, 9.17) is 4.42 Å². The monoisotopic (exact) mass is 273 g/mol. The minimum atomic E-state index is -0.00710. The molecule has 1 amide bonds. The number of carbonyl (C=O) groups excluding carboxylic acids is 1. The van der Waals surface area contributed by atoms with Crippen molar-refractivity contribution in [3.05, 3.63) is 5.89 Å². The van der Waals surface area contributed by atoms with Crippen molar-refractivity contribution in [2.24, 2.45) is 0 Å². The molecule has 6 nitrogen and oxygen atoms in total. The molecule has 0 aliphatic rings. The number of hydrogen-bond acceptors (Lipinski definition) is 5. The number of nitrogens with one attached hydrogen (secondary N) is 2. The molecule has 1 rings (SSSR count). The van der Waals surface area contributed by atoms with E-state index in [-0.39, 0.29) is 11.9 Å². The van der Waals surface area contributed by atoms with E-state index < -0.39 is 0 Å². The molecule has 0 radical (unpaired) electrons. The fraction of sp³-hybridized carbons (Fsp3) is 0.727. The molecule has 1 atom stereocenters. The van der Waals surface area contributed by atoms with Crippen LogP contribution in [0.2, 0.25) is 0 Å². The summed E-state index contributed by atoms with van der Waals surface area (Å²) in [5.41, 5.74) is 0. The smallest absolute Gasteiger partial charge is 0.277 e. The van der Waals surface area contributed by atoms with Crippen molar-refractivity contribution < 1.29 is 14.1 Å². The zero-order chi connectivity index (χ0) is 13.5. The SMILES string of the molecule is CC[C@@H](C)NC(=O)CSc1nnc(C[NH+](C)C)o1. The van der Waals surface area contributed by atoms with Crippen LogP contribution in [0.5, 0.6) is 0 Å². The molecule has 1 aromatic rings. The molecule has 1 aromatic heterocycles. The minimum absolute atomic E-state index is 0.00710. The van der Waals surface area contributed by atoms with Gasteiger partial charge in [-0.3, -0.25) is 4.79 Å². The van der Waals surface area contributed by atoms with Crippen LogP contribution in [0.3, 0.4) is 0 Å². The lowest BCUT2D eigenvalue weighted by molar-refractivity contribution is -0.874. The molecule has 102 valence electrons. The molecule has 1 heterocycles. The molecule has 0 fully saturated rings. The molecular weight excluding hydrogens is 252 g/mol. The molecule has 0 aliphatic heterocycles. The highest BCUT2D eigenvalue weighted by molar-refractivity contribution is 7.99. The quantitative estimate of drug-likeness (QED) is 0.669. The van der Waals surface area contributed by atoms with E-state index in [0.717, 1.165) is 6.42 Å². The van der Waals surface area contributed by atoms with Gasteiger partial charge in [0.15, 0.2) is 6.54 Å². The third-order valence-electron chi connectivity index (χ3n) is 2.30. The third kappa shape index (κ3) is 5.50. The first-order valence-corrected chi connectivity index (χ1v) is 7.03. The van der Waals surface area contributed by atoms with Crippen molar-refractivity contribution in [3.8, 4) is 0 Å². The molecule has 0 aliphatic carbocycles. The number of hydrogen-bond donors (Lipinski definition) is 2. The van der Waals surface area contributed by atoms with Crippen molar-refractivity contribution in [2.75, 3.05) is 19.8 Å². The first-order valence-electron chi connectivity index (χ1n) is 6.04. The molecule has 7 heteroatoms. The van der Waals surface area contributed by atoms with Gasteiger partial charge in [0.2, 0.25) is 5.91 Å². The van der Waals surface area contributed by atoms with Gasteiger partial charge in [0.05, 0.1) is 19.8 Å². The Hall–Kier alpha value is -1.08. The molecule has 0 saturated carbocycles. The van der Waals surface area contributed by atoms with Crippen molar-refractivity contribution in [3.63, 3.8) is 0 Å². The maximum absolute atomic E-state index is 11.5. The molecule has 2 N–H and O–H groups in total. The van der Waals surface area contributed by atoms with E-state index in [1.807, 2.05) is 27.9 Å². The summed E-state index contributed by atoms with van der Waals surface area (Å²) in [6, 6.07) is 0.202. The standard InChI is InChI=1S/C11H20N4O2S/c1-5-8(2)12-9(16)7-18-11-14-13-10(17-11)6-15(3)4/h8H,5-7H2,1-4H3,(H,12,16)/p+1/t8-/m1/s1. The second-order valence-electron chi connectivity index (χ2n) is 4.51. The van der Waals surface area contributed by atoms with E-state index in [0.29, 0.717) is 23.4 Å². The average Bonchev–Trinajstić information content (AvgIpc) is 2.73. The van der Waals surface area contributed by atoms with Gasteiger partial charge in [-0.2, -0.15) is 0 Å². The number of nitrogens with zero attached hydrogens (tertiary/aromatic N) is 2. The molecular formula is C11H21N4O2S+. The van der Waals surface area contributed by atoms with Gasteiger partial charge in [-0.25, -0.2) is 0 Å². The van der Waals surface area contributed by atoms with Crippen LogP contribution >= 0.6 is 11.8 Å². The maximum atomic E-state index is 11.5. The highest BCUT2D eigenvalue weighted by Gasteiger charge is 2.12. The lowest BCUT2D eigenvalue weighted by atomic mass is 10.3. The average molecular weight is 273 g/mol. The van der Waals surface area contributed by atoms with Crippen LogP contribution in [0.25, 0.3) is 0 Å². The predicted molar refractivity (Wildman–Crippen MR) is 69.4 cm³/mol. The van der Waals surface area contributed by atoms with Gasteiger partial charge in [-0.15, -0.1) is 10.2 Å². The Labute approximate surface area is 112 Å². The summed E-state index contributed by atoms with van der Waals surface area (Å²) in [7, 11) is 4.02. The molecule has 0 aromatic carbocycles. The number of carbonyl (C=O) groups is 1. The number of aromatic nitrogens is 2. The first kappa shape index (κ1) is 15.0. The fourth-order valence-electron chi connectivity index (χ4n) is 1.22. The van der Waals surface area contributed by atoms with Crippen molar-refractivity contribution in [2.45, 2.75) is 38.1 Å². The Bertz CT molecular complexity index is 381. The van der Waals surface area contributed by atoms with Crippen molar-refractivity contribution >= 4 is 17.7 Å². The summed E-state index contributed by atoms with van der Waals surface area (Å²) < 4.78 is 5.42. The summed E-state index contributed by atoms with van der Waals surface area (Å²) in [6.07, 6.45) is 0.923.